The number of likely N-dealkylation sites (tertiary alicyclic amines) is 1. The predicted molar refractivity (Wildman–Crippen MR) is 104 cm³/mol. The van der Waals surface area contributed by atoms with E-state index in [0.717, 1.165) is 49.4 Å². The van der Waals surface area contributed by atoms with Crippen LogP contribution in [-0.2, 0) is 11.2 Å². The Morgan fingerprint density at radius 1 is 1.19 bits per heavy atom. The number of carbonyl (C=O) groups excluding carboxylic acids is 1. The molecule has 0 spiro atoms. The summed E-state index contributed by atoms with van der Waals surface area (Å²) in [5, 5.41) is 0. The van der Waals surface area contributed by atoms with Crippen molar-refractivity contribution in [3.05, 3.63) is 23.8 Å². The topological polar surface area (TPSA) is 42.0 Å². The van der Waals surface area contributed by atoms with Crippen molar-refractivity contribution in [1.82, 2.24) is 9.80 Å². The maximum atomic E-state index is 13.0. The molecule has 2 fully saturated rings. The molecule has 5 nitrogen and oxygen atoms in total. The molecular weight excluding hydrogens is 348 g/mol. The van der Waals surface area contributed by atoms with E-state index in [4.69, 9.17) is 9.47 Å². The second-order valence-corrected chi connectivity index (χ2v) is 8.59. The maximum Gasteiger partial charge on any atom is 0.229 e. The molecule has 4 rings (SSSR count). The van der Waals surface area contributed by atoms with Gasteiger partial charge in [-0.2, -0.15) is 11.8 Å². The fourth-order valence-electron chi connectivity index (χ4n) is 4.37. The van der Waals surface area contributed by atoms with Crippen LogP contribution in [0.3, 0.4) is 0 Å². The molecule has 0 aliphatic carbocycles. The van der Waals surface area contributed by atoms with Crippen LogP contribution < -0.4 is 9.47 Å². The van der Waals surface area contributed by atoms with Crippen LogP contribution in [0.5, 0.6) is 11.5 Å². The number of fused-ring (bicyclic) bond motifs is 1. The number of methoxy groups -OCH3 is 1. The third kappa shape index (κ3) is 3.67. The number of amides is 1. The molecule has 26 heavy (non-hydrogen) atoms. The summed E-state index contributed by atoms with van der Waals surface area (Å²) in [5.41, 5.74) is 1.08. The monoisotopic (exact) mass is 376 g/mol. The van der Waals surface area contributed by atoms with E-state index in [2.05, 4.69) is 21.6 Å². The van der Waals surface area contributed by atoms with Gasteiger partial charge in [0, 0.05) is 43.7 Å². The van der Waals surface area contributed by atoms with E-state index in [1.54, 1.807) is 7.11 Å². The number of hydrogen-bond acceptors (Lipinski definition) is 5. The zero-order chi connectivity index (χ0) is 17.9. The van der Waals surface area contributed by atoms with Crippen molar-refractivity contribution in [2.45, 2.75) is 25.3 Å². The number of para-hydroxylation sites is 1. The molecule has 0 saturated carbocycles. The molecule has 1 aromatic rings. The number of ether oxygens (including phenoxy) is 2. The summed E-state index contributed by atoms with van der Waals surface area (Å²) in [4.78, 5) is 17.7. The average molecular weight is 377 g/mol. The maximum absolute atomic E-state index is 13.0. The van der Waals surface area contributed by atoms with Gasteiger partial charge in [-0.15, -0.1) is 0 Å². The van der Waals surface area contributed by atoms with Gasteiger partial charge in [-0.3, -0.25) is 9.69 Å². The van der Waals surface area contributed by atoms with Gasteiger partial charge in [-0.25, -0.2) is 0 Å². The minimum Gasteiger partial charge on any atom is -0.493 e. The number of hydrogen-bond donors (Lipinski definition) is 0. The number of piperidine rings is 1. The highest BCUT2D eigenvalue weighted by atomic mass is 32.2. The molecule has 0 bridgehead atoms. The van der Waals surface area contributed by atoms with Gasteiger partial charge in [0.15, 0.2) is 11.5 Å². The fraction of sp³-hybridized carbons (Fsp3) is 0.650. The first-order chi connectivity index (χ1) is 12.8. The van der Waals surface area contributed by atoms with E-state index in [1.807, 2.05) is 18.2 Å². The van der Waals surface area contributed by atoms with Gasteiger partial charge in [-0.1, -0.05) is 12.1 Å². The van der Waals surface area contributed by atoms with Crippen molar-refractivity contribution in [3.63, 3.8) is 0 Å². The van der Waals surface area contributed by atoms with Gasteiger partial charge in [0.05, 0.1) is 13.0 Å². The highest BCUT2D eigenvalue weighted by Crippen LogP contribution is 2.36. The largest absolute Gasteiger partial charge is 0.493 e. The SMILES string of the molecule is COc1cccc2c1OC[C@H](C(=O)N1CCC(N3CCSCC3)CC1)C2. The van der Waals surface area contributed by atoms with Gasteiger partial charge < -0.3 is 14.4 Å². The highest BCUT2D eigenvalue weighted by Gasteiger charge is 2.34. The summed E-state index contributed by atoms with van der Waals surface area (Å²) >= 11 is 2.05. The lowest BCUT2D eigenvalue weighted by molar-refractivity contribution is -0.138. The van der Waals surface area contributed by atoms with Crippen molar-refractivity contribution in [2.75, 3.05) is 51.4 Å². The van der Waals surface area contributed by atoms with Crippen LogP contribution in [0, 0.1) is 5.92 Å². The van der Waals surface area contributed by atoms with Crippen LogP contribution >= 0.6 is 11.8 Å². The zero-order valence-corrected chi connectivity index (χ0v) is 16.3. The predicted octanol–water partition coefficient (Wildman–Crippen LogP) is 2.29. The summed E-state index contributed by atoms with van der Waals surface area (Å²) in [7, 11) is 1.65. The van der Waals surface area contributed by atoms with E-state index >= 15 is 0 Å². The van der Waals surface area contributed by atoms with Crippen molar-refractivity contribution in [2.24, 2.45) is 5.92 Å². The minimum atomic E-state index is -0.0717. The number of thioether (sulfide) groups is 1. The van der Waals surface area contributed by atoms with Crippen molar-refractivity contribution < 1.29 is 14.3 Å². The lowest BCUT2D eigenvalue weighted by Gasteiger charge is -2.41. The molecule has 3 aliphatic rings. The van der Waals surface area contributed by atoms with Crippen LogP contribution in [-0.4, -0.2) is 73.2 Å². The van der Waals surface area contributed by atoms with Gasteiger partial charge >= 0.3 is 0 Å². The third-order valence-electron chi connectivity index (χ3n) is 5.86. The van der Waals surface area contributed by atoms with E-state index in [9.17, 15) is 4.79 Å². The molecule has 0 radical (unpaired) electrons. The summed E-state index contributed by atoms with van der Waals surface area (Å²) < 4.78 is 11.3. The van der Waals surface area contributed by atoms with Crippen LogP contribution in [0.25, 0.3) is 0 Å². The van der Waals surface area contributed by atoms with Gasteiger partial charge in [0.25, 0.3) is 0 Å². The van der Waals surface area contributed by atoms with Crippen molar-refractivity contribution >= 4 is 17.7 Å². The van der Waals surface area contributed by atoms with Crippen LogP contribution in [0.15, 0.2) is 18.2 Å². The smallest absolute Gasteiger partial charge is 0.229 e. The molecule has 3 aliphatic heterocycles. The molecule has 3 heterocycles. The lowest BCUT2D eigenvalue weighted by atomic mass is 9.93. The molecule has 2 saturated heterocycles. The molecule has 1 amide bonds. The van der Waals surface area contributed by atoms with E-state index in [-0.39, 0.29) is 11.8 Å². The van der Waals surface area contributed by atoms with Crippen LogP contribution in [0.1, 0.15) is 18.4 Å². The molecule has 1 atom stereocenters. The number of carbonyl (C=O) groups is 1. The van der Waals surface area contributed by atoms with Gasteiger partial charge in [-0.05, 0) is 30.9 Å². The zero-order valence-electron chi connectivity index (χ0n) is 15.5. The Hall–Kier alpha value is -1.40. The number of rotatable bonds is 3. The Balaban J connectivity index is 1.34. The summed E-state index contributed by atoms with van der Waals surface area (Å²) in [6, 6.07) is 6.58. The Kier molecular flexibility index (Phi) is 5.60. The quantitative estimate of drug-likeness (QED) is 0.810. The second-order valence-electron chi connectivity index (χ2n) is 7.37. The molecule has 0 N–H and O–H groups in total. The standard InChI is InChI=1S/C20H28N2O3S/c1-24-18-4-2-3-15-13-16(14-25-19(15)18)20(23)22-7-5-17(6-8-22)21-9-11-26-12-10-21/h2-4,16-17H,5-14H2,1H3/t16-/m1/s1. The molecule has 6 heteroatoms. The number of benzene rings is 1. The van der Waals surface area contributed by atoms with Crippen LogP contribution in [0.2, 0.25) is 0 Å². The Bertz CT molecular complexity index is 640. The Morgan fingerprint density at radius 3 is 2.69 bits per heavy atom. The molecule has 0 unspecified atom stereocenters. The third-order valence-corrected chi connectivity index (χ3v) is 6.81. The first kappa shape index (κ1) is 18.0. The van der Waals surface area contributed by atoms with E-state index in [0.29, 0.717) is 12.6 Å². The summed E-state index contributed by atoms with van der Waals surface area (Å²) in [6.07, 6.45) is 2.96. The van der Waals surface area contributed by atoms with Crippen LogP contribution in [0.4, 0.5) is 0 Å². The summed E-state index contributed by atoms with van der Waals surface area (Å²) in [6.45, 7) is 4.63. The average Bonchev–Trinajstić information content (AvgIpc) is 2.73. The normalized spacial score (nSPS) is 24.7. The molecule has 142 valence electrons. The Morgan fingerprint density at radius 2 is 1.96 bits per heavy atom. The van der Waals surface area contributed by atoms with E-state index < -0.39 is 0 Å². The molecule has 1 aromatic carbocycles. The van der Waals surface area contributed by atoms with Gasteiger partial charge in [0.1, 0.15) is 6.61 Å². The number of nitrogens with zero attached hydrogens (tertiary/aromatic N) is 2. The Labute approximate surface area is 160 Å². The van der Waals surface area contributed by atoms with Crippen molar-refractivity contribution in [1.29, 1.82) is 0 Å². The lowest BCUT2D eigenvalue weighted by Crippen LogP contribution is -2.51. The van der Waals surface area contributed by atoms with Crippen molar-refractivity contribution in [3.8, 4) is 11.5 Å². The first-order valence-corrected chi connectivity index (χ1v) is 10.8. The molecule has 0 aromatic heterocycles. The van der Waals surface area contributed by atoms with Gasteiger partial charge in [0.2, 0.25) is 5.91 Å². The molecular formula is C20H28N2O3S. The highest BCUT2D eigenvalue weighted by molar-refractivity contribution is 7.99. The first-order valence-electron chi connectivity index (χ1n) is 9.65. The fourth-order valence-corrected chi connectivity index (χ4v) is 5.30. The minimum absolute atomic E-state index is 0.0717. The van der Waals surface area contributed by atoms with E-state index in [1.165, 1.54) is 24.6 Å². The summed E-state index contributed by atoms with van der Waals surface area (Å²) in [5.74, 6) is 4.25. The second kappa shape index (κ2) is 8.09.